The first kappa shape index (κ1) is 26.6. The van der Waals surface area contributed by atoms with Crippen molar-refractivity contribution >= 4 is 69.8 Å². The molecule has 4 aromatic rings. The van der Waals surface area contributed by atoms with E-state index in [1.54, 1.807) is 78.9 Å². The SMILES string of the molecule is C[C@@H](Sc1nc(-c2ccc(Cl)cc2Cl)ccc1C#N)C(=O)Nc1ccc(C(=O)/C=C/c2cccs2)cc1. The second-order valence-corrected chi connectivity index (χ2v) is 11.0. The van der Waals surface area contributed by atoms with Gasteiger partial charge in [0.2, 0.25) is 5.91 Å². The lowest BCUT2D eigenvalue weighted by atomic mass is 10.1. The Balaban J connectivity index is 1.43. The number of ketones is 1. The summed E-state index contributed by atoms with van der Waals surface area (Å²) in [7, 11) is 0. The van der Waals surface area contributed by atoms with Gasteiger partial charge in [0.25, 0.3) is 0 Å². The van der Waals surface area contributed by atoms with Crippen LogP contribution < -0.4 is 5.32 Å². The summed E-state index contributed by atoms with van der Waals surface area (Å²) in [4.78, 5) is 30.8. The van der Waals surface area contributed by atoms with Gasteiger partial charge in [0, 0.05) is 26.7 Å². The summed E-state index contributed by atoms with van der Waals surface area (Å²) in [5.41, 5.74) is 2.69. The molecule has 0 fully saturated rings. The highest BCUT2D eigenvalue weighted by Gasteiger charge is 2.19. The highest BCUT2D eigenvalue weighted by atomic mass is 35.5. The summed E-state index contributed by atoms with van der Waals surface area (Å²) >= 11 is 15.0. The quantitative estimate of drug-likeness (QED) is 0.133. The van der Waals surface area contributed by atoms with Crippen LogP contribution in [-0.4, -0.2) is 21.9 Å². The fourth-order valence-corrected chi connectivity index (χ4v) is 5.30. The van der Waals surface area contributed by atoms with Gasteiger partial charge in [-0.15, -0.1) is 11.3 Å². The van der Waals surface area contributed by atoms with Gasteiger partial charge in [-0.25, -0.2) is 4.98 Å². The van der Waals surface area contributed by atoms with Gasteiger partial charge in [0.15, 0.2) is 5.78 Å². The van der Waals surface area contributed by atoms with Crippen LogP contribution in [0.15, 0.2) is 83.2 Å². The number of allylic oxidation sites excluding steroid dienone is 1. The molecule has 2 heterocycles. The number of nitriles is 1. The highest BCUT2D eigenvalue weighted by molar-refractivity contribution is 8.00. The van der Waals surface area contributed by atoms with Crippen molar-refractivity contribution in [3.05, 3.63) is 104 Å². The maximum Gasteiger partial charge on any atom is 0.237 e. The number of thiophene rings is 1. The lowest BCUT2D eigenvalue weighted by Crippen LogP contribution is -2.22. The summed E-state index contributed by atoms with van der Waals surface area (Å²) < 4.78 is 0. The van der Waals surface area contributed by atoms with Crippen molar-refractivity contribution in [2.45, 2.75) is 17.2 Å². The Morgan fingerprint density at radius 3 is 2.57 bits per heavy atom. The molecule has 5 nitrogen and oxygen atoms in total. The average Bonchev–Trinajstić information content (AvgIpc) is 3.41. The van der Waals surface area contributed by atoms with Crippen LogP contribution in [0.3, 0.4) is 0 Å². The molecule has 2 aromatic carbocycles. The average molecular weight is 565 g/mol. The van der Waals surface area contributed by atoms with E-state index in [2.05, 4.69) is 16.4 Å². The first-order valence-corrected chi connectivity index (χ1v) is 13.6. The van der Waals surface area contributed by atoms with Gasteiger partial charge in [-0.3, -0.25) is 9.59 Å². The molecule has 37 heavy (non-hydrogen) atoms. The number of pyridine rings is 1. The maximum absolute atomic E-state index is 12.9. The fraction of sp³-hybridized carbons (Fsp3) is 0.0714. The van der Waals surface area contributed by atoms with Crippen molar-refractivity contribution in [2.75, 3.05) is 5.32 Å². The molecule has 184 valence electrons. The van der Waals surface area contributed by atoms with Gasteiger partial charge >= 0.3 is 0 Å². The Hall–Kier alpha value is -3.41. The van der Waals surface area contributed by atoms with Crippen LogP contribution in [0.5, 0.6) is 0 Å². The minimum atomic E-state index is -0.550. The number of aromatic nitrogens is 1. The van der Waals surface area contributed by atoms with Crippen LogP contribution in [0.2, 0.25) is 10.0 Å². The zero-order chi connectivity index (χ0) is 26.4. The summed E-state index contributed by atoms with van der Waals surface area (Å²) in [6, 6.07) is 21.2. The summed E-state index contributed by atoms with van der Waals surface area (Å²) in [6.45, 7) is 1.73. The number of hydrogen-bond donors (Lipinski definition) is 1. The summed E-state index contributed by atoms with van der Waals surface area (Å²) in [6.07, 6.45) is 3.31. The lowest BCUT2D eigenvalue weighted by molar-refractivity contribution is -0.115. The maximum atomic E-state index is 12.9. The fourth-order valence-electron chi connectivity index (χ4n) is 3.29. The molecule has 9 heteroatoms. The van der Waals surface area contributed by atoms with Crippen LogP contribution in [0, 0.1) is 11.3 Å². The number of hydrogen-bond acceptors (Lipinski definition) is 6. The normalized spacial score (nSPS) is 11.7. The van der Waals surface area contributed by atoms with Crippen molar-refractivity contribution < 1.29 is 9.59 Å². The monoisotopic (exact) mass is 563 g/mol. The van der Waals surface area contributed by atoms with E-state index in [0.29, 0.717) is 43.1 Å². The topological polar surface area (TPSA) is 82.8 Å². The smallest absolute Gasteiger partial charge is 0.237 e. The molecule has 0 radical (unpaired) electrons. The molecule has 0 spiro atoms. The second-order valence-electron chi connectivity index (χ2n) is 7.82. The molecular formula is C28H19Cl2N3O2S2. The molecule has 0 saturated carbocycles. The van der Waals surface area contributed by atoms with Crippen LogP contribution in [0.25, 0.3) is 17.3 Å². The minimum Gasteiger partial charge on any atom is -0.325 e. The second kappa shape index (κ2) is 12.2. The molecule has 0 saturated heterocycles. The third kappa shape index (κ3) is 6.88. The number of benzene rings is 2. The molecule has 1 amide bonds. The number of rotatable bonds is 8. The van der Waals surface area contributed by atoms with E-state index < -0.39 is 5.25 Å². The predicted octanol–water partition coefficient (Wildman–Crippen LogP) is 8.00. The number of halogens is 2. The molecule has 1 N–H and O–H groups in total. The number of anilines is 1. The zero-order valence-electron chi connectivity index (χ0n) is 19.4. The number of nitrogens with one attached hydrogen (secondary N) is 1. The minimum absolute atomic E-state index is 0.119. The first-order valence-electron chi connectivity index (χ1n) is 11.0. The van der Waals surface area contributed by atoms with Crippen LogP contribution in [0.1, 0.15) is 27.7 Å². The lowest BCUT2D eigenvalue weighted by Gasteiger charge is -2.14. The standard InChI is InChI=1S/C28H19Cl2N3O2S2/c1-17(37-28-19(16-31)6-12-25(33-28)23-11-7-20(29)15-24(23)30)27(35)32-21-8-4-18(5-9-21)26(34)13-10-22-3-2-14-36-22/h2-15,17H,1H3,(H,32,35)/b13-10+/t17-/m1/s1. The van der Waals surface area contributed by atoms with E-state index in [1.165, 1.54) is 17.8 Å². The van der Waals surface area contributed by atoms with E-state index in [-0.39, 0.29) is 11.7 Å². The molecule has 0 aliphatic heterocycles. The van der Waals surface area contributed by atoms with E-state index in [0.717, 1.165) is 4.88 Å². The molecule has 0 aliphatic carbocycles. The number of nitrogens with zero attached hydrogens (tertiary/aromatic N) is 2. The van der Waals surface area contributed by atoms with E-state index >= 15 is 0 Å². The van der Waals surface area contributed by atoms with Crippen molar-refractivity contribution in [1.29, 1.82) is 5.26 Å². The van der Waals surface area contributed by atoms with E-state index in [1.807, 2.05) is 17.5 Å². The molecule has 1 atom stereocenters. The number of amides is 1. The van der Waals surface area contributed by atoms with Gasteiger partial charge in [-0.1, -0.05) is 41.0 Å². The largest absolute Gasteiger partial charge is 0.325 e. The van der Waals surface area contributed by atoms with Crippen molar-refractivity contribution in [3.63, 3.8) is 0 Å². The summed E-state index contributed by atoms with van der Waals surface area (Å²) in [5, 5.41) is 15.2. The molecular weight excluding hydrogens is 545 g/mol. The third-order valence-corrected chi connectivity index (χ3v) is 7.71. The van der Waals surface area contributed by atoms with Gasteiger partial charge < -0.3 is 5.32 Å². The van der Waals surface area contributed by atoms with Crippen molar-refractivity contribution in [1.82, 2.24) is 4.98 Å². The van der Waals surface area contributed by atoms with Crippen LogP contribution in [0.4, 0.5) is 5.69 Å². The van der Waals surface area contributed by atoms with Crippen LogP contribution >= 0.6 is 46.3 Å². The van der Waals surface area contributed by atoms with Gasteiger partial charge in [0.05, 0.1) is 21.5 Å². The predicted molar refractivity (Wildman–Crippen MR) is 152 cm³/mol. The number of carbonyl (C=O) groups is 2. The molecule has 4 rings (SSSR count). The Kier molecular flexibility index (Phi) is 8.80. The number of thioether (sulfide) groups is 1. The highest BCUT2D eigenvalue weighted by Crippen LogP contribution is 2.33. The van der Waals surface area contributed by atoms with E-state index in [4.69, 9.17) is 23.2 Å². The molecule has 0 aliphatic rings. The van der Waals surface area contributed by atoms with Gasteiger partial charge in [0.1, 0.15) is 11.1 Å². The third-order valence-electron chi connectivity index (χ3n) is 5.22. The van der Waals surface area contributed by atoms with Gasteiger partial charge in [-0.2, -0.15) is 5.26 Å². The molecule has 0 bridgehead atoms. The summed E-state index contributed by atoms with van der Waals surface area (Å²) in [5.74, 6) is -0.381. The Morgan fingerprint density at radius 1 is 1.11 bits per heavy atom. The molecule has 2 aromatic heterocycles. The van der Waals surface area contributed by atoms with Crippen LogP contribution in [-0.2, 0) is 4.79 Å². The number of carbonyl (C=O) groups excluding carboxylic acids is 2. The van der Waals surface area contributed by atoms with E-state index in [9.17, 15) is 14.9 Å². The molecule has 0 unspecified atom stereocenters. The van der Waals surface area contributed by atoms with Gasteiger partial charge in [-0.05, 0) is 85.1 Å². The Bertz CT molecular complexity index is 1510. The first-order chi connectivity index (χ1) is 17.8. The van der Waals surface area contributed by atoms with Crippen molar-refractivity contribution in [2.24, 2.45) is 0 Å². The van der Waals surface area contributed by atoms with Crippen molar-refractivity contribution in [3.8, 4) is 17.3 Å². The Morgan fingerprint density at radius 2 is 1.89 bits per heavy atom. The Labute approximate surface area is 232 Å². The zero-order valence-corrected chi connectivity index (χ0v) is 22.6.